The van der Waals surface area contributed by atoms with Crippen LogP contribution in [-0.2, 0) is 4.74 Å². The molecule has 3 rings (SSSR count). The highest BCUT2D eigenvalue weighted by Gasteiger charge is 2.21. The van der Waals surface area contributed by atoms with Gasteiger partial charge < -0.3 is 9.47 Å². The minimum atomic E-state index is -0.790. The maximum absolute atomic E-state index is 8.88. The van der Waals surface area contributed by atoms with Crippen LogP contribution in [0.25, 0.3) is 11.1 Å². The summed E-state index contributed by atoms with van der Waals surface area (Å²) < 4.78 is 11.8. The number of nitriles is 1. The summed E-state index contributed by atoms with van der Waals surface area (Å²) in [6.45, 7) is 4.17. The Morgan fingerprint density at radius 1 is 1.08 bits per heavy atom. The van der Waals surface area contributed by atoms with Crippen molar-refractivity contribution >= 4 is 8.80 Å². The lowest BCUT2D eigenvalue weighted by atomic mass is 10.0. The molecule has 0 aromatic heterocycles. The second-order valence-electron chi connectivity index (χ2n) is 7.09. The lowest BCUT2D eigenvalue weighted by molar-refractivity contribution is 0.0625. The van der Waals surface area contributed by atoms with Crippen molar-refractivity contribution in [2.45, 2.75) is 44.0 Å². The van der Waals surface area contributed by atoms with Gasteiger partial charge in [-0.15, -0.1) is 0 Å². The third-order valence-corrected chi connectivity index (χ3v) is 8.24. The van der Waals surface area contributed by atoms with E-state index in [0.29, 0.717) is 11.3 Å². The van der Waals surface area contributed by atoms with Crippen LogP contribution in [0.5, 0.6) is 5.75 Å². The van der Waals surface area contributed by atoms with Gasteiger partial charge in [0.05, 0.1) is 27.0 Å². The fraction of sp³-hybridized carbons (Fsp3) is 0.409. The van der Waals surface area contributed by atoms with E-state index in [0.717, 1.165) is 36.5 Å². The van der Waals surface area contributed by atoms with E-state index in [-0.39, 0.29) is 0 Å². The summed E-state index contributed by atoms with van der Waals surface area (Å²) in [4.78, 5) is 0. The zero-order valence-corrected chi connectivity index (χ0v) is 16.6. The molecule has 0 saturated carbocycles. The Hall–Kier alpha value is -2.09. The largest absolute Gasteiger partial charge is 0.494 e. The molecular formula is C22H27NO2Si. The van der Waals surface area contributed by atoms with Crippen LogP contribution in [0.15, 0.2) is 48.5 Å². The normalized spacial score (nSPS) is 18.1. The van der Waals surface area contributed by atoms with Crippen LogP contribution in [0.3, 0.4) is 0 Å². The van der Waals surface area contributed by atoms with Gasteiger partial charge in [0.25, 0.3) is 0 Å². The minimum absolute atomic E-state index is 0.579. The average molecular weight is 366 g/mol. The minimum Gasteiger partial charge on any atom is -0.494 e. The SMILES string of the molecule is C[SiH](CCCOc1ccc(-c2ccc(C#N)cc2)cc1)C1CCCCO1. The monoisotopic (exact) mass is 365 g/mol. The summed E-state index contributed by atoms with van der Waals surface area (Å²) in [6, 6.07) is 19.3. The highest BCUT2D eigenvalue weighted by atomic mass is 28.3. The molecule has 26 heavy (non-hydrogen) atoms. The number of hydrogen-bond acceptors (Lipinski definition) is 3. The van der Waals surface area contributed by atoms with E-state index in [4.69, 9.17) is 14.7 Å². The Morgan fingerprint density at radius 2 is 1.77 bits per heavy atom. The van der Waals surface area contributed by atoms with Gasteiger partial charge in [0, 0.05) is 12.3 Å². The van der Waals surface area contributed by atoms with Crippen molar-refractivity contribution in [2.75, 3.05) is 13.2 Å². The fourth-order valence-electron chi connectivity index (χ4n) is 3.48. The molecule has 2 unspecified atom stereocenters. The van der Waals surface area contributed by atoms with Gasteiger partial charge in [-0.2, -0.15) is 5.26 Å². The van der Waals surface area contributed by atoms with Gasteiger partial charge in [-0.1, -0.05) is 36.9 Å². The number of benzene rings is 2. The Labute approximate surface area is 158 Å². The Balaban J connectivity index is 1.43. The van der Waals surface area contributed by atoms with Crippen molar-refractivity contribution < 1.29 is 9.47 Å². The van der Waals surface area contributed by atoms with Gasteiger partial charge in [-0.25, -0.2) is 0 Å². The smallest absolute Gasteiger partial charge is 0.119 e. The van der Waals surface area contributed by atoms with Gasteiger partial charge in [-0.3, -0.25) is 0 Å². The van der Waals surface area contributed by atoms with Gasteiger partial charge >= 0.3 is 0 Å². The molecule has 2 aromatic carbocycles. The van der Waals surface area contributed by atoms with Crippen molar-refractivity contribution in [3.63, 3.8) is 0 Å². The average Bonchev–Trinajstić information content (AvgIpc) is 2.72. The van der Waals surface area contributed by atoms with Crippen LogP contribution in [0.4, 0.5) is 0 Å². The zero-order chi connectivity index (χ0) is 18.2. The first-order chi connectivity index (χ1) is 12.8. The highest BCUT2D eigenvalue weighted by molar-refractivity contribution is 6.58. The van der Waals surface area contributed by atoms with Crippen LogP contribution >= 0.6 is 0 Å². The van der Waals surface area contributed by atoms with Gasteiger partial charge in [0.1, 0.15) is 5.75 Å². The molecule has 136 valence electrons. The molecule has 0 radical (unpaired) electrons. The third-order valence-electron chi connectivity index (χ3n) is 5.12. The highest BCUT2D eigenvalue weighted by Crippen LogP contribution is 2.23. The summed E-state index contributed by atoms with van der Waals surface area (Å²) in [5.74, 6) is 0.922. The standard InChI is InChI=1S/C22H27NO2Si/c1-26(22-5-2-3-14-25-22)16-4-15-24-21-12-10-20(11-13-21)19-8-6-18(17-23)7-9-19/h6-13,22,26H,2-5,14-16H2,1H3. The predicted molar refractivity (Wildman–Crippen MR) is 108 cm³/mol. The lowest BCUT2D eigenvalue weighted by Gasteiger charge is -2.27. The van der Waals surface area contributed by atoms with E-state index < -0.39 is 8.80 Å². The molecule has 0 spiro atoms. The summed E-state index contributed by atoms with van der Waals surface area (Å²) >= 11 is 0. The topological polar surface area (TPSA) is 42.2 Å². The molecule has 0 amide bonds. The molecule has 2 aromatic rings. The fourth-order valence-corrected chi connectivity index (χ4v) is 5.93. The summed E-state index contributed by atoms with van der Waals surface area (Å²) in [7, 11) is -0.790. The second-order valence-corrected chi connectivity index (χ2v) is 10.4. The van der Waals surface area contributed by atoms with Crippen LogP contribution in [0, 0.1) is 11.3 Å². The van der Waals surface area contributed by atoms with Crippen molar-refractivity contribution in [3.05, 3.63) is 54.1 Å². The summed E-state index contributed by atoms with van der Waals surface area (Å²) in [5.41, 5.74) is 3.51. The number of nitrogens with zero attached hydrogens (tertiary/aromatic N) is 1. The Bertz CT molecular complexity index is 715. The van der Waals surface area contributed by atoms with Crippen LogP contribution in [0.2, 0.25) is 12.6 Å². The van der Waals surface area contributed by atoms with Crippen molar-refractivity contribution in [2.24, 2.45) is 0 Å². The summed E-state index contributed by atoms with van der Waals surface area (Å²) in [6.07, 6.45) is 4.96. The summed E-state index contributed by atoms with van der Waals surface area (Å²) in [5, 5.41) is 8.88. The van der Waals surface area contributed by atoms with Crippen LogP contribution < -0.4 is 4.74 Å². The molecule has 4 heteroatoms. The van der Waals surface area contributed by atoms with Gasteiger partial charge in [-0.05, 0) is 61.1 Å². The van der Waals surface area contributed by atoms with Crippen molar-refractivity contribution in [1.29, 1.82) is 5.26 Å². The van der Waals surface area contributed by atoms with E-state index in [9.17, 15) is 0 Å². The van der Waals surface area contributed by atoms with E-state index in [1.807, 2.05) is 36.4 Å². The number of ether oxygens (including phenoxy) is 2. The maximum atomic E-state index is 8.88. The Morgan fingerprint density at radius 3 is 2.38 bits per heavy atom. The molecule has 0 bridgehead atoms. The van der Waals surface area contributed by atoms with Crippen molar-refractivity contribution in [1.82, 2.24) is 0 Å². The molecule has 0 aliphatic carbocycles. The molecule has 1 saturated heterocycles. The first-order valence-corrected chi connectivity index (χ1v) is 12.2. The molecule has 1 aliphatic heterocycles. The molecule has 1 fully saturated rings. The molecule has 0 N–H and O–H groups in total. The lowest BCUT2D eigenvalue weighted by Crippen LogP contribution is -2.33. The van der Waals surface area contributed by atoms with E-state index in [1.54, 1.807) is 0 Å². The number of hydrogen-bond donors (Lipinski definition) is 0. The van der Waals surface area contributed by atoms with Gasteiger partial charge in [0.2, 0.25) is 0 Å². The van der Waals surface area contributed by atoms with E-state index >= 15 is 0 Å². The number of rotatable bonds is 7. The second kappa shape index (κ2) is 9.56. The maximum Gasteiger partial charge on any atom is 0.119 e. The Kier molecular flexibility index (Phi) is 6.87. The van der Waals surface area contributed by atoms with E-state index in [1.165, 1.54) is 25.3 Å². The van der Waals surface area contributed by atoms with Crippen LogP contribution in [-0.4, -0.2) is 27.7 Å². The molecule has 1 aliphatic rings. The molecule has 2 atom stereocenters. The third kappa shape index (κ3) is 5.20. The first kappa shape index (κ1) is 18.7. The first-order valence-electron chi connectivity index (χ1n) is 9.61. The van der Waals surface area contributed by atoms with Gasteiger partial charge in [0.15, 0.2) is 0 Å². The zero-order valence-electron chi connectivity index (χ0n) is 15.5. The van der Waals surface area contributed by atoms with Crippen LogP contribution in [0.1, 0.15) is 31.2 Å². The quantitative estimate of drug-likeness (QED) is 0.514. The predicted octanol–water partition coefficient (Wildman–Crippen LogP) is 4.96. The molecule has 1 heterocycles. The van der Waals surface area contributed by atoms with E-state index in [2.05, 4.69) is 24.7 Å². The molecular weight excluding hydrogens is 338 g/mol. The van der Waals surface area contributed by atoms with Crippen molar-refractivity contribution in [3.8, 4) is 22.9 Å². The molecule has 3 nitrogen and oxygen atoms in total.